The molecule has 0 spiro atoms. The smallest absolute Gasteiger partial charge is 0.132 e. The third-order valence-corrected chi connectivity index (χ3v) is 2.82. The summed E-state index contributed by atoms with van der Waals surface area (Å²) < 4.78 is 26.4. The van der Waals surface area contributed by atoms with Crippen LogP contribution >= 0.6 is 0 Å². The molecular formula is C14H13F2NO. The van der Waals surface area contributed by atoms with Crippen LogP contribution in [0.1, 0.15) is 28.6 Å². The Labute approximate surface area is 104 Å². The highest BCUT2D eigenvalue weighted by molar-refractivity contribution is 5.33. The predicted octanol–water partition coefficient (Wildman–Crippen LogP) is 3.06. The molecule has 0 aliphatic carbocycles. The van der Waals surface area contributed by atoms with Crippen molar-refractivity contribution in [1.82, 2.24) is 4.98 Å². The Morgan fingerprint density at radius 3 is 2.33 bits per heavy atom. The number of nitrogens with zero attached hydrogens (tertiary/aromatic N) is 1. The molecule has 0 bridgehead atoms. The Morgan fingerprint density at radius 2 is 1.72 bits per heavy atom. The van der Waals surface area contributed by atoms with Crippen molar-refractivity contribution in [2.75, 3.05) is 0 Å². The number of aliphatic hydroxyl groups is 1. The zero-order valence-corrected chi connectivity index (χ0v) is 10.1. The Kier molecular flexibility index (Phi) is 3.39. The summed E-state index contributed by atoms with van der Waals surface area (Å²) in [4.78, 5) is 4.21. The van der Waals surface area contributed by atoms with E-state index in [1.807, 2.05) is 6.92 Å². The van der Waals surface area contributed by atoms with Gasteiger partial charge in [-0.05, 0) is 26.0 Å². The Hall–Kier alpha value is -1.81. The number of pyridine rings is 1. The number of aromatic nitrogens is 1. The Morgan fingerprint density at radius 1 is 1.06 bits per heavy atom. The molecular weight excluding hydrogens is 236 g/mol. The van der Waals surface area contributed by atoms with E-state index in [0.29, 0.717) is 11.3 Å². The van der Waals surface area contributed by atoms with Gasteiger partial charge in [-0.3, -0.25) is 4.98 Å². The van der Waals surface area contributed by atoms with Crippen molar-refractivity contribution in [2.24, 2.45) is 0 Å². The monoisotopic (exact) mass is 249 g/mol. The van der Waals surface area contributed by atoms with Gasteiger partial charge in [0.1, 0.15) is 17.7 Å². The van der Waals surface area contributed by atoms with Crippen LogP contribution in [-0.4, -0.2) is 10.1 Å². The number of rotatable bonds is 2. The van der Waals surface area contributed by atoms with Crippen LogP contribution in [0.4, 0.5) is 8.78 Å². The van der Waals surface area contributed by atoms with E-state index in [9.17, 15) is 13.9 Å². The van der Waals surface area contributed by atoms with Gasteiger partial charge >= 0.3 is 0 Å². The van der Waals surface area contributed by atoms with E-state index < -0.39 is 17.7 Å². The fourth-order valence-corrected chi connectivity index (χ4v) is 1.88. The van der Waals surface area contributed by atoms with E-state index >= 15 is 0 Å². The van der Waals surface area contributed by atoms with Gasteiger partial charge in [0, 0.05) is 28.6 Å². The van der Waals surface area contributed by atoms with Crippen molar-refractivity contribution in [3.05, 3.63) is 64.5 Å². The van der Waals surface area contributed by atoms with Gasteiger partial charge < -0.3 is 5.11 Å². The number of hydrogen-bond donors (Lipinski definition) is 1. The van der Waals surface area contributed by atoms with Gasteiger partial charge in [0.25, 0.3) is 0 Å². The molecule has 0 fully saturated rings. The van der Waals surface area contributed by atoms with E-state index in [1.165, 1.54) is 6.07 Å². The fourth-order valence-electron chi connectivity index (χ4n) is 1.88. The lowest BCUT2D eigenvalue weighted by Crippen LogP contribution is -2.06. The first-order valence-corrected chi connectivity index (χ1v) is 5.56. The predicted molar refractivity (Wildman–Crippen MR) is 64.1 cm³/mol. The van der Waals surface area contributed by atoms with Crippen molar-refractivity contribution in [1.29, 1.82) is 0 Å². The molecule has 1 heterocycles. The molecule has 0 amide bonds. The minimum atomic E-state index is -1.14. The molecule has 0 saturated carbocycles. The molecule has 1 aromatic heterocycles. The third-order valence-electron chi connectivity index (χ3n) is 2.82. The molecule has 1 N–H and O–H groups in total. The highest BCUT2D eigenvalue weighted by Gasteiger charge is 2.17. The van der Waals surface area contributed by atoms with Crippen molar-refractivity contribution in [3.8, 4) is 0 Å². The third kappa shape index (κ3) is 2.38. The summed E-state index contributed by atoms with van der Waals surface area (Å²) in [7, 11) is 0. The van der Waals surface area contributed by atoms with E-state index in [-0.39, 0.29) is 5.56 Å². The maximum absolute atomic E-state index is 13.6. The number of aryl methyl sites for hydroxylation is 2. The highest BCUT2D eigenvalue weighted by atomic mass is 19.1. The molecule has 1 unspecified atom stereocenters. The molecule has 0 aliphatic heterocycles. The summed E-state index contributed by atoms with van der Waals surface area (Å²) in [6.07, 6.45) is -1.14. The first-order valence-electron chi connectivity index (χ1n) is 5.56. The molecule has 1 atom stereocenters. The SMILES string of the molecule is Cc1ccc(C(O)c2ccc(F)cc2F)c(C)n1. The molecule has 0 aliphatic rings. The molecule has 18 heavy (non-hydrogen) atoms. The normalized spacial score (nSPS) is 12.5. The van der Waals surface area contributed by atoms with Crippen LogP contribution in [0.15, 0.2) is 30.3 Å². The minimum absolute atomic E-state index is 0.0464. The Bertz CT molecular complexity index is 533. The van der Waals surface area contributed by atoms with Gasteiger partial charge in [0.2, 0.25) is 0 Å². The first-order chi connectivity index (χ1) is 8.49. The maximum atomic E-state index is 13.6. The summed E-state index contributed by atoms with van der Waals surface area (Å²) in [5, 5.41) is 10.1. The van der Waals surface area contributed by atoms with Crippen molar-refractivity contribution in [3.63, 3.8) is 0 Å². The van der Waals surface area contributed by atoms with Gasteiger partial charge in [0.15, 0.2) is 0 Å². The molecule has 1 aromatic carbocycles. The molecule has 2 aromatic rings. The fraction of sp³-hybridized carbons (Fsp3) is 0.214. The zero-order valence-electron chi connectivity index (χ0n) is 10.1. The lowest BCUT2D eigenvalue weighted by molar-refractivity contribution is 0.213. The zero-order chi connectivity index (χ0) is 13.3. The largest absolute Gasteiger partial charge is 0.383 e. The molecule has 4 heteroatoms. The molecule has 0 radical (unpaired) electrons. The van der Waals surface area contributed by atoms with Gasteiger partial charge in [-0.1, -0.05) is 12.1 Å². The van der Waals surface area contributed by atoms with Gasteiger partial charge in [0.05, 0.1) is 0 Å². The average molecular weight is 249 g/mol. The highest BCUT2D eigenvalue weighted by Crippen LogP contribution is 2.26. The number of hydrogen-bond acceptors (Lipinski definition) is 2. The summed E-state index contributed by atoms with van der Waals surface area (Å²) in [5.41, 5.74) is 2.02. The second-order valence-electron chi connectivity index (χ2n) is 4.20. The Balaban J connectivity index is 2.44. The van der Waals surface area contributed by atoms with Crippen LogP contribution in [-0.2, 0) is 0 Å². The lowest BCUT2D eigenvalue weighted by Gasteiger charge is -2.14. The second-order valence-corrected chi connectivity index (χ2v) is 4.20. The summed E-state index contributed by atoms with van der Waals surface area (Å²) in [6, 6.07) is 6.57. The van der Waals surface area contributed by atoms with E-state index in [4.69, 9.17) is 0 Å². The molecule has 0 saturated heterocycles. The summed E-state index contributed by atoms with van der Waals surface area (Å²) in [5.74, 6) is -1.43. The van der Waals surface area contributed by atoms with E-state index in [0.717, 1.165) is 17.8 Å². The number of halogens is 2. The minimum Gasteiger partial charge on any atom is -0.383 e. The van der Waals surface area contributed by atoms with Crippen LogP contribution in [0.2, 0.25) is 0 Å². The molecule has 2 nitrogen and oxygen atoms in total. The standard InChI is InChI=1S/C14H13F2NO/c1-8-3-5-11(9(2)17-8)14(18)12-6-4-10(15)7-13(12)16/h3-7,14,18H,1-2H3. The topological polar surface area (TPSA) is 33.1 Å². The molecule has 2 rings (SSSR count). The van der Waals surface area contributed by atoms with E-state index in [2.05, 4.69) is 4.98 Å². The van der Waals surface area contributed by atoms with Crippen molar-refractivity contribution in [2.45, 2.75) is 20.0 Å². The van der Waals surface area contributed by atoms with Gasteiger partial charge in [-0.25, -0.2) is 8.78 Å². The lowest BCUT2D eigenvalue weighted by atomic mass is 9.99. The number of aliphatic hydroxyl groups excluding tert-OH is 1. The quantitative estimate of drug-likeness (QED) is 0.887. The average Bonchev–Trinajstić information content (AvgIpc) is 2.28. The van der Waals surface area contributed by atoms with Gasteiger partial charge in [-0.2, -0.15) is 0 Å². The summed E-state index contributed by atoms with van der Waals surface area (Å²) >= 11 is 0. The van der Waals surface area contributed by atoms with E-state index in [1.54, 1.807) is 19.1 Å². The van der Waals surface area contributed by atoms with Crippen LogP contribution in [0.5, 0.6) is 0 Å². The second kappa shape index (κ2) is 4.82. The number of benzene rings is 1. The first kappa shape index (κ1) is 12.6. The van der Waals surface area contributed by atoms with Crippen LogP contribution in [0.3, 0.4) is 0 Å². The van der Waals surface area contributed by atoms with Gasteiger partial charge in [-0.15, -0.1) is 0 Å². The van der Waals surface area contributed by atoms with Crippen molar-refractivity contribution < 1.29 is 13.9 Å². The maximum Gasteiger partial charge on any atom is 0.132 e. The summed E-state index contributed by atoms with van der Waals surface area (Å²) in [6.45, 7) is 3.58. The van der Waals surface area contributed by atoms with Crippen molar-refractivity contribution >= 4 is 0 Å². The molecule has 94 valence electrons. The van der Waals surface area contributed by atoms with Crippen LogP contribution < -0.4 is 0 Å². The van der Waals surface area contributed by atoms with Crippen LogP contribution in [0, 0.1) is 25.5 Å². The van der Waals surface area contributed by atoms with Crippen LogP contribution in [0.25, 0.3) is 0 Å².